The molecule has 0 bridgehead atoms. The number of benzene rings is 2. The molecule has 1 N–H and O–H groups in total. The Bertz CT molecular complexity index is 1250. The molecule has 2 aliphatic heterocycles. The Morgan fingerprint density at radius 2 is 1.94 bits per heavy atom. The molecule has 170 valence electrons. The van der Waals surface area contributed by atoms with Gasteiger partial charge >= 0.3 is 0 Å². The molecule has 3 heterocycles. The Hall–Kier alpha value is -3.55. The summed E-state index contributed by atoms with van der Waals surface area (Å²) in [6.45, 7) is 2.39. The maximum absolute atomic E-state index is 13.7. The predicted molar refractivity (Wildman–Crippen MR) is 123 cm³/mol. The normalized spacial score (nSPS) is 23.7. The number of carbonyl (C=O) groups excluding carboxylic acids is 2. The molecule has 1 fully saturated rings. The first-order valence-corrected chi connectivity index (χ1v) is 11.6. The minimum atomic E-state index is -0.615. The number of nitrogens with zero attached hydrogens (tertiary/aromatic N) is 3. The Balaban J connectivity index is 1.31. The second kappa shape index (κ2) is 7.79. The van der Waals surface area contributed by atoms with Gasteiger partial charge in [-0.1, -0.05) is 31.9 Å². The molecule has 0 saturated heterocycles. The zero-order valence-electron chi connectivity index (χ0n) is 18.5. The van der Waals surface area contributed by atoms with E-state index >= 15 is 0 Å². The van der Waals surface area contributed by atoms with Crippen LogP contribution >= 0.6 is 0 Å². The van der Waals surface area contributed by atoms with Crippen molar-refractivity contribution < 1.29 is 19.1 Å². The predicted octanol–water partition coefficient (Wildman–Crippen LogP) is 4.26. The number of amides is 2. The second-order valence-corrected chi connectivity index (χ2v) is 9.14. The number of rotatable bonds is 4. The van der Waals surface area contributed by atoms with Crippen molar-refractivity contribution in [3.8, 4) is 11.5 Å². The molecule has 0 spiro atoms. The van der Waals surface area contributed by atoms with Crippen molar-refractivity contribution in [2.75, 3.05) is 17.0 Å². The largest absolute Gasteiger partial charge is 0.454 e. The van der Waals surface area contributed by atoms with Crippen LogP contribution < -0.4 is 19.7 Å². The number of carbonyl (C=O) groups is 2. The van der Waals surface area contributed by atoms with Gasteiger partial charge < -0.3 is 14.8 Å². The van der Waals surface area contributed by atoms with Gasteiger partial charge in [0.2, 0.25) is 18.6 Å². The van der Waals surface area contributed by atoms with Crippen LogP contribution in [0.15, 0.2) is 42.5 Å². The minimum Gasteiger partial charge on any atom is -0.454 e. The summed E-state index contributed by atoms with van der Waals surface area (Å²) in [5.41, 5.74) is 2.34. The molecule has 3 atom stereocenters. The molecular weight excluding hydrogens is 420 g/mol. The van der Waals surface area contributed by atoms with Crippen LogP contribution in [0.4, 0.5) is 11.6 Å². The molecule has 3 aliphatic rings. The fraction of sp³-hybridized carbons (Fsp3) is 0.400. The van der Waals surface area contributed by atoms with Crippen LogP contribution in [0.5, 0.6) is 11.5 Å². The molecule has 2 amide bonds. The first-order chi connectivity index (χ1) is 16.1. The van der Waals surface area contributed by atoms with Crippen molar-refractivity contribution in [1.29, 1.82) is 0 Å². The second-order valence-electron chi connectivity index (χ2n) is 9.14. The quantitative estimate of drug-likeness (QED) is 0.647. The summed E-state index contributed by atoms with van der Waals surface area (Å²) >= 11 is 0. The van der Waals surface area contributed by atoms with Crippen LogP contribution in [0.2, 0.25) is 0 Å². The molecule has 1 saturated carbocycles. The highest BCUT2D eigenvalue weighted by atomic mass is 16.7. The smallest absolute Gasteiger partial charge is 0.253 e. The highest BCUT2D eigenvalue weighted by Gasteiger charge is 2.45. The number of imidazole rings is 1. The van der Waals surface area contributed by atoms with Gasteiger partial charge in [-0.2, -0.15) is 0 Å². The third-order valence-electron chi connectivity index (χ3n) is 7.06. The fourth-order valence-electron chi connectivity index (χ4n) is 5.41. The Labute approximate surface area is 191 Å². The molecule has 3 aromatic rings. The van der Waals surface area contributed by atoms with Gasteiger partial charge in [-0.15, -0.1) is 0 Å². The molecule has 8 heteroatoms. The Morgan fingerprint density at radius 3 is 2.82 bits per heavy atom. The van der Waals surface area contributed by atoms with Crippen LogP contribution in [0.1, 0.15) is 45.1 Å². The summed E-state index contributed by atoms with van der Waals surface area (Å²) in [6.07, 6.45) is 4.40. The zero-order chi connectivity index (χ0) is 22.5. The molecule has 1 aliphatic carbocycles. The van der Waals surface area contributed by atoms with Crippen molar-refractivity contribution in [3.05, 3.63) is 42.5 Å². The third kappa shape index (κ3) is 3.32. The topological polar surface area (TPSA) is 85.7 Å². The van der Waals surface area contributed by atoms with Crippen LogP contribution in [0, 0.1) is 5.92 Å². The average molecular weight is 447 g/mol. The van der Waals surface area contributed by atoms with Crippen molar-refractivity contribution >= 4 is 34.5 Å². The molecule has 33 heavy (non-hydrogen) atoms. The highest BCUT2D eigenvalue weighted by molar-refractivity contribution is 6.05. The van der Waals surface area contributed by atoms with Gasteiger partial charge in [-0.3, -0.25) is 19.1 Å². The lowest BCUT2D eigenvalue weighted by Gasteiger charge is -2.35. The molecule has 0 radical (unpaired) electrons. The van der Waals surface area contributed by atoms with Crippen molar-refractivity contribution in [2.45, 2.75) is 51.1 Å². The van der Waals surface area contributed by atoms with E-state index in [1.807, 2.05) is 33.7 Å². The van der Waals surface area contributed by atoms with E-state index in [9.17, 15) is 9.59 Å². The van der Waals surface area contributed by atoms with Crippen molar-refractivity contribution in [1.82, 2.24) is 9.55 Å². The molecular formula is C25H26N4O4. The van der Waals surface area contributed by atoms with Gasteiger partial charge in [-0.25, -0.2) is 4.98 Å². The summed E-state index contributed by atoms with van der Waals surface area (Å²) < 4.78 is 12.7. The minimum absolute atomic E-state index is 0.0390. The lowest BCUT2D eigenvalue weighted by molar-refractivity contribution is -0.125. The summed E-state index contributed by atoms with van der Waals surface area (Å²) in [7, 11) is 0. The number of ether oxygens (including phenoxy) is 2. The van der Waals surface area contributed by atoms with E-state index in [2.05, 4.69) is 12.2 Å². The zero-order valence-corrected chi connectivity index (χ0v) is 18.5. The number of hydrogen-bond acceptors (Lipinski definition) is 5. The van der Waals surface area contributed by atoms with Crippen LogP contribution in [-0.2, 0) is 9.59 Å². The maximum atomic E-state index is 13.7. The maximum Gasteiger partial charge on any atom is 0.253 e. The van der Waals surface area contributed by atoms with Crippen LogP contribution in [-0.4, -0.2) is 34.2 Å². The number of nitrogens with one attached hydrogen (secondary N) is 1. The number of aromatic nitrogens is 2. The van der Waals surface area contributed by atoms with Gasteiger partial charge in [0.25, 0.3) is 5.91 Å². The van der Waals surface area contributed by atoms with Crippen LogP contribution in [0.25, 0.3) is 11.0 Å². The SMILES string of the molecule is C[C@H]1CCCC[C@H]1N1C(=O)[C@@H](CC(=O)Nc2ccc3c(c2)OCO3)n2c1nc1ccccc12. The van der Waals surface area contributed by atoms with E-state index in [1.165, 1.54) is 6.42 Å². The third-order valence-corrected chi connectivity index (χ3v) is 7.06. The van der Waals surface area contributed by atoms with E-state index in [-0.39, 0.29) is 31.1 Å². The number of para-hydroxylation sites is 2. The first-order valence-electron chi connectivity index (χ1n) is 11.6. The fourth-order valence-corrected chi connectivity index (χ4v) is 5.41. The monoisotopic (exact) mass is 446 g/mol. The van der Waals surface area contributed by atoms with Crippen molar-refractivity contribution in [2.24, 2.45) is 5.92 Å². The molecule has 0 unspecified atom stereocenters. The number of fused-ring (bicyclic) bond motifs is 4. The highest BCUT2D eigenvalue weighted by Crippen LogP contribution is 2.41. The Morgan fingerprint density at radius 1 is 1.12 bits per heavy atom. The van der Waals surface area contributed by atoms with E-state index in [1.54, 1.807) is 18.2 Å². The molecule has 1 aromatic heterocycles. The van der Waals surface area contributed by atoms with Crippen molar-refractivity contribution in [3.63, 3.8) is 0 Å². The van der Waals surface area contributed by atoms with Gasteiger partial charge in [0, 0.05) is 17.8 Å². The van der Waals surface area contributed by atoms with Gasteiger partial charge in [-0.05, 0) is 43.0 Å². The first kappa shape index (κ1) is 20.1. The molecule has 6 rings (SSSR count). The van der Waals surface area contributed by atoms with Gasteiger partial charge in [0.1, 0.15) is 6.04 Å². The van der Waals surface area contributed by atoms with E-state index in [4.69, 9.17) is 14.5 Å². The van der Waals surface area contributed by atoms with E-state index in [0.717, 1.165) is 30.3 Å². The van der Waals surface area contributed by atoms with E-state index in [0.29, 0.717) is 29.1 Å². The Kier molecular flexibility index (Phi) is 4.74. The average Bonchev–Trinajstić information content (AvgIpc) is 3.49. The molecule has 2 aromatic carbocycles. The van der Waals surface area contributed by atoms with E-state index < -0.39 is 6.04 Å². The van der Waals surface area contributed by atoms with Crippen LogP contribution in [0.3, 0.4) is 0 Å². The lowest BCUT2D eigenvalue weighted by Crippen LogP contribution is -2.44. The van der Waals surface area contributed by atoms with Gasteiger partial charge in [0.15, 0.2) is 11.5 Å². The summed E-state index contributed by atoms with van der Waals surface area (Å²) in [5, 5.41) is 2.91. The lowest BCUT2D eigenvalue weighted by atomic mass is 9.85. The number of anilines is 2. The van der Waals surface area contributed by atoms with Gasteiger partial charge in [0.05, 0.1) is 17.5 Å². The summed E-state index contributed by atoms with van der Waals surface area (Å²) in [4.78, 5) is 33.4. The standard InChI is InChI=1S/C25H26N4O4/c1-15-6-2-4-8-18(15)29-24(31)20(28-19-9-5-3-7-17(19)27-25(28)29)13-23(30)26-16-10-11-21-22(12-16)33-14-32-21/h3,5,7,9-12,15,18,20H,2,4,6,8,13-14H2,1H3,(H,26,30)/t15-,18+,20+/m0/s1. The summed E-state index contributed by atoms with van der Waals surface area (Å²) in [5.74, 6) is 2.06. The molecule has 8 nitrogen and oxygen atoms in total. The summed E-state index contributed by atoms with van der Waals surface area (Å²) in [6, 6.07) is 12.6. The number of hydrogen-bond donors (Lipinski definition) is 1.